The molecule has 5 nitrogen and oxygen atoms in total. The van der Waals surface area contributed by atoms with Crippen LogP contribution in [0, 0.1) is 0 Å². The molecular formula is C15H19F3N2O3S. The van der Waals surface area contributed by atoms with Crippen molar-refractivity contribution in [2.24, 2.45) is 0 Å². The van der Waals surface area contributed by atoms with Gasteiger partial charge in [-0.3, -0.25) is 4.79 Å². The molecule has 0 atom stereocenters. The van der Waals surface area contributed by atoms with Crippen LogP contribution in [0.3, 0.4) is 0 Å². The van der Waals surface area contributed by atoms with E-state index in [4.69, 9.17) is 0 Å². The largest absolute Gasteiger partial charge is 0.416 e. The first-order chi connectivity index (χ1) is 11.1. The number of hydrogen-bond donors (Lipinski definition) is 2. The van der Waals surface area contributed by atoms with Gasteiger partial charge < -0.3 is 10.6 Å². The van der Waals surface area contributed by atoms with Crippen molar-refractivity contribution < 1.29 is 26.4 Å². The second-order valence-corrected chi connectivity index (χ2v) is 8.22. The normalized spacial score (nSPS) is 18.2. The van der Waals surface area contributed by atoms with Crippen LogP contribution in [0.2, 0.25) is 0 Å². The molecule has 0 spiro atoms. The van der Waals surface area contributed by atoms with Crippen molar-refractivity contribution in [3.8, 4) is 0 Å². The molecule has 0 bridgehead atoms. The number of benzene rings is 1. The Hall–Kier alpha value is -1.61. The lowest BCUT2D eigenvalue weighted by Gasteiger charge is -2.34. The van der Waals surface area contributed by atoms with Crippen molar-refractivity contribution in [3.05, 3.63) is 35.4 Å². The summed E-state index contributed by atoms with van der Waals surface area (Å²) in [5.41, 5.74) is -0.551. The Morgan fingerprint density at radius 3 is 2.46 bits per heavy atom. The number of piperidine rings is 1. The van der Waals surface area contributed by atoms with E-state index in [2.05, 4.69) is 10.6 Å². The van der Waals surface area contributed by atoms with E-state index >= 15 is 0 Å². The minimum absolute atomic E-state index is 0.139. The van der Waals surface area contributed by atoms with E-state index in [0.29, 0.717) is 13.1 Å². The van der Waals surface area contributed by atoms with Crippen LogP contribution in [0.15, 0.2) is 24.3 Å². The van der Waals surface area contributed by atoms with Crippen molar-refractivity contribution in [2.75, 3.05) is 19.3 Å². The summed E-state index contributed by atoms with van der Waals surface area (Å²) in [5, 5.41) is 5.48. The maximum Gasteiger partial charge on any atom is 0.416 e. The zero-order valence-electron chi connectivity index (χ0n) is 13.1. The van der Waals surface area contributed by atoms with Gasteiger partial charge in [0.05, 0.1) is 5.56 Å². The molecule has 1 saturated heterocycles. The quantitative estimate of drug-likeness (QED) is 0.849. The fraction of sp³-hybridized carbons (Fsp3) is 0.533. The molecule has 9 heteroatoms. The average Bonchev–Trinajstić information content (AvgIpc) is 2.51. The fourth-order valence-electron chi connectivity index (χ4n) is 2.80. The van der Waals surface area contributed by atoms with E-state index in [1.807, 2.05) is 0 Å². The Morgan fingerprint density at radius 1 is 1.29 bits per heavy atom. The second kappa shape index (κ2) is 6.72. The number of amides is 1. The number of rotatable bonds is 4. The van der Waals surface area contributed by atoms with Gasteiger partial charge in [0.25, 0.3) is 0 Å². The Kier molecular flexibility index (Phi) is 5.24. The fourth-order valence-corrected chi connectivity index (χ4v) is 4.15. The third-order valence-electron chi connectivity index (χ3n) is 4.24. The molecule has 1 fully saturated rings. The van der Waals surface area contributed by atoms with Crippen molar-refractivity contribution in [2.45, 2.75) is 30.3 Å². The molecule has 2 N–H and O–H groups in total. The van der Waals surface area contributed by atoms with Gasteiger partial charge in [0.1, 0.15) is 0 Å². The van der Waals surface area contributed by atoms with Crippen molar-refractivity contribution >= 4 is 15.7 Å². The van der Waals surface area contributed by atoms with Gasteiger partial charge in [0.2, 0.25) is 5.91 Å². The maximum atomic E-state index is 12.7. The van der Waals surface area contributed by atoms with Crippen molar-refractivity contribution in [3.63, 3.8) is 0 Å². The molecule has 0 unspecified atom stereocenters. The van der Waals surface area contributed by atoms with Gasteiger partial charge >= 0.3 is 6.18 Å². The van der Waals surface area contributed by atoms with Crippen LogP contribution in [-0.4, -0.2) is 38.4 Å². The van der Waals surface area contributed by atoms with E-state index in [-0.39, 0.29) is 24.9 Å². The van der Waals surface area contributed by atoms with Crippen LogP contribution in [0.4, 0.5) is 13.2 Å². The molecule has 0 aliphatic carbocycles. The lowest BCUT2D eigenvalue weighted by molar-refractivity contribution is -0.137. The molecule has 1 amide bonds. The van der Waals surface area contributed by atoms with Crippen LogP contribution in [0.25, 0.3) is 0 Å². The van der Waals surface area contributed by atoms with Gasteiger partial charge in [0.15, 0.2) is 14.6 Å². The predicted molar refractivity (Wildman–Crippen MR) is 83.0 cm³/mol. The van der Waals surface area contributed by atoms with Crippen molar-refractivity contribution in [1.82, 2.24) is 10.6 Å². The Labute approximate surface area is 138 Å². The summed E-state index contributed by atoms with van der Waals surface area (Å²) in [7, 11) is -3.65. The van der Waals surface area contributed by atoms with E-state index in [1.54, 1.807) is 0 Å². The molecule has 0 radical (unpaired) electrons. The summed E-state index contributed by atoms with van der Waals surface area (Å²) in [6, 6.07) is 4.58. The first-order valence-electron chi connectivity index (χ1n) is 7.41. The molecule has 0 saturated carbocycles. The van der Waals surface area contributed by atoms with Gasteiger partial charge in [-0.05, 0) is 43.6 Å². The molecule has 134 valence electrons. The van der Waals surface area contributed by atoms with Crippen LogP contribution in [0.5, 0.6) is 0 Å². The Morgan fingerprint density at radius 2 is 1.92 bits per heavy atom. The summed E-state index contributed by atoms with van der Waals surface area (Å²) in [6.07, 6.45) is -3.17. The van der Waals surface area contributed by atoms with E-state index in [1.165, 1.54) is 12.1 Å². The first-order valence-corrected chi connectivity index (χ1v) is 9.30. The molecule has 1 aliphatic rings. The monoisotopic (exact) mass is 364 g/mol. The second-order valence-electron chi connectivity index (χ2n) is 5.90. The number of nitrogens with one attached hydrogen (secondary N) is 2. The minimum atomic E-state index is -4.47. The zero-order valence-corrected chi connectivity index (χ0v) is 13.9. The predicted octanol–water partition coefficient (Wildman–Crippen LogP) is 1.49. The van der Waals surface area contributed by atoms with E-state index < -0.39 is 32.2 Å². The Bertz CT molecular complexity index is 711. The summed E-state index contributed by atoms with van der Waals surface area (Å²) >= 11 is 0. The molecule has 0 aromatic heterocycles. The molecule has 2 rings (SSSR count). The summed E-state index contributed by atoms with van der Waals surface area (Å²) in [4.78, 5) is 12.5. The van der Waals surface area contributed by atoms with Gasteiger partial charge in [-0.1, -0.05) is 12.1 Å². The highest BCUT2D eigenvalue weighted by Crippen LogP contribution is 2.30. The zero-order chi connectivity index (χ0) is 18.0. The van der Waals surface area contributed by atoms with Crippen LogP contribution in [-0.2, 0) is 27.4 Å². The highest BCUT2D eigenvalue weighted by atomic mass is 32.2. The van der Waals surface area contributed by atoms with Gasteiger partial charge in [0, 0.05) is 12.8 Å². The van der Waals surface area contributed by atoms with Crippen LogP contribution in [0.1, 0.15) is 24.0 Å². The molecular weight excluding hydrogens is 345 g/mol. The summed E-state index contributed by atoms with van der Waals surface area (Å²) < 4.78 is 60.8. The number of alkyl halides is 3. The third kappa shape index (κ3) is 3.89. The van der Waals surface area contributed by atoms with Crippen molar-refractivity contribution in [1.29, 1.82) is 0 Å². The number of hydrogen-bond acceptors (Lipinski definition) is 4. The average molecular weight is 364 g/mol. The molecule has 24 heavy (non-hydrogen) atoms. The molecule has 1 heterocycles. The lowest BCUT2D eigenvalue weighted by atomic mass is 9.95. The highest BCUT2D eigenvalue weighted by Gasteiger charge is 2.48. The van der Waals surface area contributed by atoms with Gasteiger partial charge in [-0.15, -0.1) is 0 Å². The van der Waals surface area contributed by atoms with Crippen LogP contribution < -0.4 is 10.6 Å². The smallest absolute Gasteiger partial charge is 0.351 e. The van der Waals surface area contributed by atoms with Crippen LogP contribution >= 0.6 is 0 Å². The van der Waals surface area contributed by atoms with Gasteiger partial charge in [-0.2, -0.15) is 13.2 Å². The minimum Gasteiger partial charge on any atom is -0.351 e. The number of sulfone groups is 1. The van der Waals surface area contributed by atoms with E-state index in [0.717, 1.165) is 18.4 Å². The summed E-state index contributed by atoms with van der Waals surface area (Å²) in [6.45, 7) is 0.627. The lowest BCUT2D eigenvalue weighted by Crippen LogP contribution is -2.57. The summed E-state index contributed by atoms with van der Waals surface area (Å²) in [5.74, 6) is -0.663. The van der Waals surface area contributed by atoms with Gasteiger partial charge in [-0.25, -0.2) is 8.42 Å². The Balaban J connectivity index is 2.15. The topological polar surface area (TPSA) is 75.3 Å². The first kappa shape index (κ1) is 18.7. The highest BCUT2D eigenvalue weighted by molar-refractivity contribution is 7.92. The number of carbonyl (C=O) groups excluding carboxylic acids is 1. The molecule has 1 aromatic carbocycles. The molecule has 1 aromatic rings. The van der Waals surface area contributed by atoms with E-state index in [9.17, 15) is 26.4 Å². The standard InChI is InChI=1S/C15H19F3N2O3S/c1-24(22,23)14(5-7-19-8-6-14)13(21)20-10-11-3-2-4-12(9-11)15(16,17)18/h2-4,9,19H,5-8,10H2,1H3,(H,20,21). The maximum absolute atomic E-state index is 12.7. The third-order valence-corrected chi connectivity index (χ3v) is 6.26. The molecule has 1 aliphatic heterocycles. The number of carbonyl (C=O) groups is 1. The SMILES string of the molecule is CS(=O)(=O)C1(C(=O)NCc2cccc(C(F)(F)F)c2)CCNCC1. The number of halogens is 3.